The van der Waals surface area contributed by atoms with Gasteiger partial charge >= 0.3 is 0 Å². The van der Waals surface area contributed by atoms with Crippen molar-refractivity contribution in [2.75, 3.05) is 13.1 Å². The van der Waals surface area contributed by atoms with Crippen LogP contribution in [0.4, 0.5) is 4.39 Å². The molecule has 2 aromatic rings. The molecule has 4 heteroatoms. The number of imidazole rings is 1. The lowest BCUT2D eigenvalue weighted by molar-refractivity contribution is 0.513. The Hall–Kier alpha value is -1.42. The second-order valence-electron chi connectivity index (χ2n) is 5.47. The van der Waals surface area contributed by atoms with Gasteiger partial charge in [-0.15, -0.1) is 0 Å². The molecule has 102 valence electrons. The van der Waals surface area contributed by atoms with E-state index in [-0.39, 0.29) is 5.82 Å². The highest BCUT2D eigenvalue weighted by Crippen LogP contribution is 2.30. The third kappa shape index (κ3) is 2.04. The molecule has 0 amide bonds. The Labute approximate surface area is 112 Å². The minimum absolute atomic E-state index is 0.216. The summed E-state index contributed by atoms with van der Waals surface area (Å²) in [6.07, 6.45) is 1.03. The monoisotopic (exact) mass is 261 g/mol. The fourth-order valence-electron chi connectivity index (χ4n) is 3.03. The van der Waals surface area contributed by atoms with E-state index in [2.05, 4.69) is 28.7 Å². The fraction of sp³-hybridized carbons (Fsp3) is 0.533. The van der Waals surface area contributed by atoms with Crippen LogP contribution in [0.1, 0.15) is 32.0 Å². The summed E-state index contributed by atoms with van der Waals surface area (Å²) in [6, 6.07) is 5.23. The summed E-state index contributed by atoms with van der Waals surface area (Å²) in [7, 11) is 0. The first-order chi connectivity index (χ1) is 9.22. The van der Waals surface area contributed by atoms with Gasteiger partial charge in [-0.2, -0.15) is 0 Å². The Morgan fingerprint density at radius 2 is 2.26 bits per heavy atom. The quantitative estimate of drug-likeness (QED) is 0.920. The van der Waals surface area contributed by atoms with Crippen LogP contribution in [-0.2, 0) is 6.54 Å². The van der Waals surface area contributed by atoms with Crippen LogP contribution in [0, 0.1) is 11.7 Å². The Morgan fingerprint density at radius 1 is 1.42 bits per heavy atom. The number of nitrogens with one attached hydrogen (secondary N) is 1. The van der Waals surface area contributed by atoms with Gasteiger partial charge in [0.25, 0.3) is 0 Å². The van der Waals surface area contributed by atoms with E-state index in [0.29, 0.717) is 17.4 Å². The van der Waals surface area contributed by atoms with Crippen LogP contribution in [0.25, 0.3) is 11.0 Å². The number of benzene rings is 1. The minimum atomic E-state index is -0.216. The van der Waals surface area contributed by atoms with Crippen molar-refractivity contribution in [2.45, 2.75) is 32.7 Å². The normalized spacial score (nSPS) is 23.3. The molecular weight excluding hydrogens is 241 g/mol. The third-order valence-corrected chi connectivity index (χ3v) is 4.06. The molecule has 1 aromatic carbocycles. The predicted molar refractivity (Wildman–Crippen MR) is 74.8 cm³/mol. The lowest BCUT2D eigenvalue weighted by Crippen LogP contribution is -2.15. The van der Waals surface area contributed by atoms with Gasteiger partial charge in [0.2, 0.25) is 0 Å². The van der Waals surface area contributed by atoms with E-state index in [1.54, 1.807) is 6.07 Å². The second kappa shape index (κ2) is 4.93. The standard InChI is InChI=1S/C15H20FN3/c1-3-7-19-13-6-4-5-12(16)14(13)18-15(19)11-9-17-8-10(11)2/h4-6,10-11,17H,3,7-9H2,1-2H3. The van der Waals surface area contributed by atoms with Crippen molar-refractivity contribution in [3.8, 4) is 0 Å². The number of aryl methyl sites for hydroxylation is 1. The lowest BCUT2D eigenvalue weighted by Gasteiger charge is -2.16. The number of hydrogen-bond acceptors (Lipinski definition) is 2. The summed E-state index contributed by atoms with van der Waals surface area (Å²) in [5, 5.41) is 3.40. The Bertz CT molecular complexity index is 590. The van der Waals surface area contributed by atoms with Crippen molar-refractivity contribution in [3.05, 3.63) is 29.8 Å². The third-order valence-electron chi connectivity index (χ3n) is 4.06. The van der Waals surface area contributed by atoms with Crippen LogP contribution in [0.5, 0.6) is 0 Å². The predicted octanol–water partition coefficient (Wildman–Crippen LogP) is 2.91. The number of hydrogen-bond donors (Lipinski definition) is 1. The van der Waals surface area contributed by atoms with Crippen molar-refractivity contribution in [2.24, 2.45) is 5.92 Å². The van der Waals surface area contributed by atoms with Gasteiger partial charge in [-0.3, -0.25) is 0 Å². The first kappa shape index (κ1) is 12.6. The first-order valence-corrected chi connectivity index (χ1v) is 7.07. The van der Waals surface area contributed by atoms with Crippen LogP contribution >= 0.6 is 0 Å². The van der Waals surface area contributed by atoms with Crippen molar-refractivity contribution < 1.29 is 4.39 Å². The second-order valence-corrected chi connectivity index (χ2v) is 5.47. The van der Waals surface area contributed by atoms with Crippen molar-refractivity contribution in [1.82, 2.24) is 14.9 Å². The van der Waals surface area contributed by atoms with Gasteiger partial charge in [-0.1, -0.05) is 19.9 Å². The molecule has 1 aromatic heterocycles. The smallest absolute Gasteiger partial charge is 0.151 e. The van der Waals surface area contributed by atoms with E-state index in [9.17, 15) is 4.39 Å². The molecule has 2 heterocycles. The molecule has 3 rings (SSSR count). The van der Waals surface area contributed by atoms with Gasteiger partial charge in [0.15, 0.2) is 5.82 Å². The van der Waals surface area contributed by atoms with Crippen LogP contribution < -0.4 is 5.32 Å². The molecule has 1 aliphatic heterocycles. The Kier molecular flexibility index (Phi) is 3.27. The highest BCUT2D eigenvalue weighted by molar-refractivity contribution is 5.76. The number of para-hydroxylation sites is 1. The van der Waals surface area contributed by atoms with E-state index in [1.165, 1.54) is 6.07 Å². The maximum Gasteiger partial charge on any atom is 0.151 e. The average molecular weight is 261 g/mol. The number of nitrogens with zero attached hydrogens (tertiary/aromatic N) is 2. The molecule has 0 bridgehead atoms. The van der Waals surface area contributed by atoms with E-state index < -0.39 is 0 Å². The van der Waals surface area contributed by atoms with Gasteiger partial charge in [0, 0.05) is 19.0 Å². The topological polar surface area (TPSA) is 29.9 Å². The van der Waals surface area contributed by atoms with Gasteiger partial charge in [-0.25, -0.2) is 9.37 Å². The first-order valence-electron chi connectivity index (χ1n) is 7.07. The average Bonchev–Trinajstić information content (AvgIpc) is 2.95. The zero-order valence-corrected chi connectivity index (χ0v) is 11.5. The van der Waals surface area contributed by atoms with Gasteiger partial charge in [-0.05, 0) is 31.0 Å². The highest BCUT2D eigenvalue weighted by atomic mass is 19.1. The summed E-state index contributed by atoms with van der Waals surface area (Å²) in [5.74, 6) is 1.76. The summed E-state index contributed by atoms with van der Waals surface area (Å²) in [5.41, 5.74) is 1.45. The summed E-state index contributed by atoms with van der Waals surface area (Å²) in [4.78, 5) is 4.61. The maximum atomic E-state index is 13.9. The zero-order chi connectivity index (χ0) is 13.4. The largest absolute Gasteiger partial charge is 0.328 e. The van der Waals surface area contributed by atoms with E-state index in [1.807, 2.05) is 6.07 Å². The fourth-order valence-corrected chi connectivity index (χ4v) is 3.03. The van der Waals surface area contributed by atoms with E-state index >= 15 is 0 Å². The minimum Gasteiger partial charge on any atom is -0.328 e. The summed E-state index contributed by atoms with van der Waals surface area (Å²) in [6.45, 7) is 7.23. The molecule has 1 fully saturated rings. The van der Waals surface area contributed by atoms with Crippen molar-refractivity contribution in [1.29, 1.82) is 0 Å². The molecule has 2 unspecified atom stereocenters. The van der Waals surface area contributed by atoms with Gasteiger partial charge < -0.3 is 9.88 Å². The van der Waals surface area contributed by atoms with Crippen LogP contribution in [-0.4, -0.2) is 22.6 Å². The van der Waals surface area contributed by atoms with Gasteiger partial charge in [0.1, 0.15) is 11.3 Å². The molecule has 0 saturated carbocycles. The molecule has 1 saturated heterocycles. The molecule has 1 aliphatic rings. The summed E-state index contributed by atoms with van der Waals surface area (Å²) >= 11 is 0. The van der Waals surface area contributed by atoms with E-state index in [0.717, 1.165) is 37.4 Å². The zero-order valence-electron chi connectivity index (χ0n) is 11.5. The van der Waals surface area contributed by atoms with Crippen LogP contribution in [0.15, 0.2) is 18.2 Å². The lowest BCUT2D eigenvalue weighted by atomic mass is 9.97. The molecule has 3 nitrogen and oxygen atoms in total. The highest BCUT2D eigenvalue weighted by Gasteiger charge is 2.29. The molecule has 2 atom stereocenters. The number of halogens is 1. The van der Waals surface area contributed by atoms with Gasteiger partial charge in [0.05, 0.1) is 5.52 Å². The Morgan fingerprint density at radius 3 is 2.95 bits per heavy atom. The van der Waals surface area contributed by atoms with Crippen molar-refractivity contribution >= 4 is 11.0 Å². The van der Waals surface area contributed by atoms with Crippen molar-refractivity contribution in [3.63, 3.8) is 0 Å². The number of fused-ring (bicyclic) bond motifs is 1. The maximum absolute atomic E-state index is 13.9. The summed E-state index contributed by atoms with van der Waals surface area (Å²) < 4.78 is 16.1. The molecule has 0 radical (unpaired) electrons. The molecule has 19 heavy (non-hydrogen) atoms. The van der Waals surface area contributed by atoms with Crippen LogP contribution in [0.2, 0.25) is 0 Å². The molecule has 0 aliphatic carbocycles. The molecule has 1 N–H and O–H groups in total. The molecule has 0 spiro atoms. The Balaban J connectivity index is 2.17. The number of aromatic nitrogens is 2. The SMILES string of the molecule is CCCn1c(C2CNCC2C)nc2c(F)cccc21. The molecular formula is C15H20FN3. The van der Waals surface area contributed by atoms with E-state index in [4.69, 9.17) is 0 Å². The van der Waals surface area contributed by atoms with Crippen LogP contribution in [0.3, 0.4) is 0 Å². The number of rotatable bonds is 3.